The molecule has 37 heavy (non-hydrogen) atoms. The number of aromatic carboxylic acids is 1. The summed E-state index contributed by atoms with van der Waals surface area (Å²) < 4.78 is 6.85. The van der Waals surface area contributed by atoms with E-state index in [1.807, 2.05) is 42.5 Å². The molecule has 3 heterocycles. The molecule has 1 unspecified atom stereocenters. The van der Waals surface area contributed by atoms with E-state index in [9.17, 15) is 19.5 Å². The first kappa shape index (κ1) is 22.7. The first-order valence-corrected chi connectivity index (χ1v) is 11.8. The van der Waals surface area contributed by atoms with Crippen LogP contribution >= 0.6 is 0 Å². The highest BCUT2D eigenvalue weighted by Crippen LogP contribution is 2.40. The second-order valence-corrected chi connectivity index (χ2v) is 9.01. The predicted octanol–water partition coefficient (Wildman–Crippen LogP) is 3.35. The molecule has 1 aromatic heterocycles. The van der Waals surface area contributed by atoms with Gasteiger partial charge in [0.1, 0.15) is 11.6 Å². The maximum atomic E-state index is 14.0. The Morgan fingerprint density at radius 2 is 1.86 bits per heavy atom. The Labute approximate surface area is 211 Å². The summed E-state index contributed by atoms with van der Waals surface area (Å²) in [5.74, 6) is -0.512. The summed E-state index contributed by atoms with van der Waals surface area (Å²) in [6, 6.07) is 17.5. The molecule has 1 amide bonds. The average molecular weight is 495 g/mol. The molecule has 0 fully saturated rings. The second kappa shape index (κ2) is 8.41. The summed E-state index contributed by atoms with van der Waals surface area (Å²) in [4.78, 5) is 50.3. The maximum Gasteiger partial charge on any atom is 0.335 e. The summed E-state index contributed by atoms with van der Waals surface area (Å²) >= 11 is 0. The van der Waals surface area contributed by atoms with Crippen molar-refractivity contribution in [1.82, 2.24) is 9.55 Å². The number of hydrogen-bond donors (Lipinski definition) is 1. The number of aromatic nitrogens is 2. The lowest BCUT2D eigenvalue weighted by molar-refractivity contribution is -0.121. The lowest BCUT2D eigenvalue weighted by Gasteiger charge is -2.23. The highest BCUT2D eigenvalue weighted by Gasteiger charge is 2.39. The van der Waals surface area contributed by atoms with Crippen LogP contribution in [0.5, 0.6) is 5.75 Å². The molecule has 0 aliphatic carbocycles. The lowest BCUT2D eigenvalue weighted by atomic mass is 9.97. The summed E-state index contributed by atoms with van der Waals surface area (Å²) in [6.07, 6.45) is -0.537. The molecule has 9 heteroatoms. The van der Waals surface area contributed by atoms with Gasteiger partial charge in [-0.25, -0.2) is 14.8 Å². The molecular formula is C28H22N4O5. The number of carboxylic acid groups (broad SMARTS) is 1. The molecule has 0 spiro atoms. The van der Waals surface area contributed by atoms with E-state index in [-0.39, 0.29) is 28.2 Å². The molecule has 6 rings (SSSR count). The monoisotopic (exact) mass is 494 g/mol. The summed E-state index contributed by atoms with van der Waals surface area (Å²) in [7, 11) is 1.60. The number of methoxy groups -OCH3 is 1. The fourth-order valence-corrected chi connectivity index (χ4v) is 5.15. The number of rotatable bonds is 4. The number of fused-ring (bicyclic) bond motifs is 1. The van der Waals surface area contributed by atoms with Gasteiger partial charge in [-0.3, -0.25) is 14.2 Å². The Morgan fingerprint density at radius 1 is 1.08 bits per heavy atom. The molecule has 1 N–H and O–H groups in total. The molecule has 0 radical (unpaired) electrons. The van der Waals surface area contributed by atoms with Crippen molar-refractivity contribution >= 4 is 34.2 Å². The minimum Gasteiger partial charge on any atom is -0.497 e. The van der Waals surface area contributed by atoms with E-state index in [2.05, 4.69) is 4.98 Å². The zero-order valence-corrected chi connectivity index (χ0v) is 20.1. The summed E-state index contributed by atoms with van der Waals surface area (Å²) in [5, 5.41) is 9.55. The van der Waals surface area contributed by atoms with Crippen molar-refractivity contribution in [3.8, 4) is 5.75 Å². The van der Waals surface area contributed by atoms with Gasteiger partial charge in [0.05, 0.1) is 35.0 Å². The quantitative estimate of drug-likeness (QED) is 0.465. The number of aliphatic imine (C=N–C) groups is 1. The van der Waals surface area contributed by atoms with Crippen molar-refractivity contribution in [3.05, 3.63) is 99.1 Å². The van der Waals surface area contributed by atoms with Crippen molar-refractivity contribution in [3.63, 3.8) is 0 Å². The number of aryl methyl sites for hydroxylation is 1. The molecule has 0 bridgehead atoms. The summed E-state index contributed by atoms with van der Waals surface area (Å²) in [5.41, 5.74) is 3.72. The van der Waals surface area contributed by atoms with Crippen LogP contribution in [0.25, 0.3) is 10.9 Å². The van der Waals surface area contributed by atoms with Crippen LogP contribution in [-0.2, 0) is 11.2 Å². The molecule has 2 aliphatic rings. The summed E-state index contributed by atoms with van der Waals surface area (Å²) in [6.45, 7) is 2.08. The first-order chi connectivity index (χ1) is 17.9. The van der Waals surface area contributed by atoms with Crippen LogP contribution in [0.15, 0.2) is 70.5 Å². The average Bonchev–Trinajstić information content (AvgIpc) is 3.29. The van der Waals surface area contributed by atoms with E-state index in [0.29, 0.717) is 24.4 Å². The predicted molar refractivity (Wildman–Crippen MR) is 138 cm³/mol. The van der Waals surface area contributed by atoms with E-state index < -0.39 is 17.7 Å². The number of nitrogens with zero attached hydrogens (tertiary/aromatic N) is 4. The minimum atomic E-state index is -1.19. The van der Waals surface area contributed by atoms with Gasteiger partial charge >= 0.3 is 5.97 Å². The number of anilines is 1. The topological polar surface area (TPSA) is 114 Å². The maximum absolute atomic E-state index is 14.0. The third-order valence-corrected chi connectivity index (χ3v) is 6.88. The number of carbonyl (C=O) groups excluding carboxylic acids is 1. The minimum absolute atomic E-state index is 0.0282. The van der Waals surface area contributed by atoms with Crippen molar-refractivity contribution in [2.45, 2.75) is 19.5 Å². The fourth-order valence-electron chi connectivity index (χ4n) is 5.15. The van der Waals surface area contributed by atoms with Crippen LogP contribution in [0.4, 0.5) is 5.69 Å². The van der Waals surface area contributed by atoms with Crippen molar-refractivity contribution in [2.75, 3.05) is 18.6 Å². The molecular weight excluding hydrogens is 472 g/mol. The van der Waals surface area contributed by atoms with E-state index >= 15 is 0 Å². The Bertz CT molecular complexity index is 1710. The molecule has 9 nitrogen and oxygen atoms in total. The van der Waals surface area contributed by atoms with Gasteiger partial charge in [0, 0.05) is 17.7 Å². The number of ether oxygens (including phenoxy) is 1. The fraction of sp³-hybridized carbons (Fsp3) is 0.179. The number of hydrogen-bond acceptors (Lipinski definition) is 6. The smallest absolute Gasteiger partial charge is 0.335 e. The van der Waals surface area contributed by atoms with Gasteiger partial charge in [0.2, 0.25) is 6.17 Å². The molecule has 1 atom stereocenters. The van der Waals surface area contributed by atoms with Crippen LogP contribution in [0.2, 0.25) is 0 Å². The third kappa shape index (κ3) is 3.50. The highest BCUT2D eigenvalue weighted by molar-refractivity contribution is 6.21. The standard InChI is InChI=1S/C28H22N4O5/c1-15-29-22-13-18(28(35)36)8-9-20(22)26(33)32(15)25-27(34)31-11-10-17-12-19(37-2)14-21(24(17)31)23(30-25)16-6-4-3-5-7-16/h3-9,12-14,25H,10-11H2,1-2H3,(H,35,36). The number of carboxylic acids is 1. The molecule has 0 saturated heterocycles. The normalized spacial score (nSPS) is 16.4. The van der Waals surface area contributed by atoms with Crippen molar-refractivity contribution < 1.29 is 19.4 Å². The van der Waals surface area contributed by atoms with Gasteiger partial charge in [-0.15, -0.1) is 0 Å². The Hall–Kier alpha value is -4.79. The van der Waals surface area contributed by atoms with Crippen LogP contribution in [0.3, 0.4) is 0 Å². The van der Waals surface area contributed by atoms with Crippen LogP contribution in [0.1, 0.15) is 39.0 Å². The first-order valence-electron chi connectivity index (χ1n) is 11.8. The molecule has 184 valence electrons. The van der Waals surface area contributed by atoms with Crippen LogP contribution in [0, 0.1) is 6.92 Å². The van der Waals surface area contributed by atoms with Gasteiger partial charge in [0.15, 0.2) is 0 Å². The SMILES string of the molecule is COc1cc2c3c(c1)C(c1ccccc1)=NC(n1c(C)nc4cc(C(=O)O)ccc4c1=O)C(=O)N3CC2. The van der Waals surface area contributed by atoms with Crippen molar-refractivity contribution in [1.29, 1.82) is 0 Å². The molecule has 0 saturated carbocycles. The Balaban J connectivity index is 1.63. The largest absolute Gasteiger partial charge is 0.497 e. The van der Waals surface area contributed by atoms with Gasteiger partial charge < -0.3 is 14.7 Å². The van der Waals surface area contributed by atoms with E-state index in [1.54, 1.807) is 18.9 Å². The third-order valence-electron chi connectivity index (χ3n) is 6.88. The van der Waals surface area contributed by atoms with Gasteiger partial charge in [-0.2, -0.15) is 0 Å². The zero-order chi connectivity index (χ0) is 25.8. The molecule has 4 aromatic rings. The lowest BCUT2D eigenvalue weighted by Crippen LogP contribution is -2.39. The van der Waals surface area contributed by atoms with Gasteiger partial charge in [0.25, 0.3) is 11.5 Å². The molecule has 2 aliphatic heterocycles. The van der Waals surface area contributed by atoms with Crippen LogP contribution < -0.4 is 15.2 Å². The van der Waals surface area contributed by atoms with Gasteiger partial charge in [-0.05, 0) is 49.2 Å². The van der Waals surface area contributed by atoms with E-state index in [0.717, 1.165) is 22.4 Å². The van der Waals surface area contributed by atoms with Crippen molar-refractivity contribution in [2.24, 2.45) is 4.99 Å². The second-order valence-electron chi connectivity index (χ2n) is 9.01. The highest BCUT2D eigenvalue weighted by atomic mass is 16.5. The van der Waals surface area contributed by atoms with E-state index in [1.165, 1.54) is 22.8 Å². The van der Waals surface area contributed by atoms with Gasteiger partial charge in [-0.1, -0.05) is 30.3 Å². The van der Waals surface area contributed by atoms with E-state index in [4.69, 9.17) is 9.73 Å². The molecule has 3 aromatic carbocycles. The number of benzene rings is 3. The number of amides is 1. The Kier molecular flexibility index (Phi) is 5.15. The Morgan fingerprint density at radius 3 is 2.59 bits per heavy atom. The van der Waals surface area contributed by atoms with Crippen LogP contribution in [-0.4, -0.2) is 45.9 Å². The zero-order valence-electron chi connectivity index (χ0n) is 20.1. The number of carbonyl (C=O) groups is 2.